The smallest absolute Gasteiger partial charge is 0.270 e. The Hall–Kier alpha value is -0.770. The molecule has 3 nitrogen and oxygen atoms in total. The first kappa shape index (κ1) is 14.6. The molecule has 1 aromatic rings. The van der Waals surface area contributed by atoms with Gasteiger partial charge in [-0.25, -0.2) is 0 Å². The van der Waals surface area contributed by atoms with Gasteiger partial charge < -0.3 is 9.47 Å². The largest absolute Gasteiger partial charge is 0.342 e. The Labute approximate surface area is 124 Å². The van der Waals surface area contributed by atoms with E-state index in [0.717, 1.165) is 36.0 Å². The lowest BCUT2D eigenvalue weighted by Crippen LogP contribution is -2.48. The van der Waals surface area contributed by atoms with Gasteiger partial charge in [-0.1, -0.05) is 6.92 Å². The van der Waals surface area contributed by atoms with E-state index in [2.05, 4.69) is 46.2 Å². The van der Waals surface area contributed by atoms with Crippen LogP contribution in [0.15, 0.2) is 16.7 Å². The second-order valence-corrected chi connectivity index (χ2v) is 6.49. The average Bonchev–Trinajstić information content (AvgIpc) is 2.70. The number of halogens is 1. The van der Waals surface area contributed by atoms with Gasteiger partial charge in [-0.15, -0.1) is 0 Å². The lowest BCUT2D eigenvalue weighted by atomic mass is 9.97. The van der Waals surface area contributed by atoms with Crippen LogP contribution in [-0.4, -0.2) is 27.5 Å². The van der Waals surface area contributed by atoms with Crippen molar-refractivity contribution in [2.75, 3.05) is 0 Å². The fourth-order valence-electron chi connectivity index (χ4n) is 3.03. The summed E-state index contributed by atoms with van der Waals surface area (Å²) in [6.07, 6.45) is 6.51. The molecule has 2 heterocycles. The SMILES string of the molecule is CCCn1cc(Br)cc1C(=O)N1[C@H](C)CCC[C@@H]1C. The van der Waals surface area contributed by atoms with Crippen molar-refractivity contribution >= 4 is 21.8 Å². The molecule has 2 rings (SSSR count). The zero-order valence-electron chi connectivity index (χ0n) is 12.0. The molecule has 0 unspecified atom stereocenters. The highest BCUT2D eigenvalue weighted by Gasteiger charge is 2.31. The fourth-order valence-corrected chi connectivity index (χ4v) is 3.50. The molecule has 2 atom stereocenters. The molecule has 1 amide bonds. The third-order valence-electron chi connectivity index (χ3n) is 3.97. The number of rotatable bonds is 3. The minimum atomic E-state index is 0.179. The zero-order chi connectivity index (χ0) is 14.0. The number of piperidine rings is 1. The summed E-state index contributed by atoms with van der Waals surface area (Å²) in [5.41, 5.74) is 0.814. The van der Waals surface area contributed by atoms with Crippen molar-refractivity contribution in [3.63, 3.8) is 0 Å². The van der Waals surface area contributed by atoms with E-state index in [0.29, 0.717) is 12.1 Å². The first-order valence-corrected chi connectivity index (χ1v) is 8.02. The molecule has 1 aromatic heterocycles. The summed E-state index contributed by atoms with van der Waals surface area (Å²) in [6.45, 7) is 7.35. The molecule has 0 radical (unpaired) electrons. The Morgan fingerprint density at radius 2 is 2.00 bits per heavy atom. The maximum atomic E-state index is 12.8. The number of aromatic nitrogens is 1. The second kappa shape index (κ2) is 6.12. The zero-order valence-corrected chi connectivity index (χ0v) is 13.6. The van der Waals surface area contributed by atoms with Crippen LogP contribution < -0.4 is 0 Å². The molecule has 0 aliphatic carbocycles. The van der Waals surface area contributed by atoms with Crippen molar-refractivity contribution in [2.45, 2.75) is 65.1 Å². The maximum absolute atomic E-state index is 12.8. The predicted molar refractivity (Wildman–Crippen MR) is 81.4 cm³/mol. The summed E-state index contributed by atoms with van der Waals surface area (Å²) in [7, 11) is 0. The summed E-state index contributed by atoms with van der Waals surface area (Å²) >= 11 is 3.48. The third kappa shape index (κ3) is 3.04. The quantitative estimate of drug-likeness (QED) is 0.822. The van der Waals surface area contributed by atoms with Crippen LogP contribution in [0.25, 0.3) is 0 Å². The Morgan fingerprint density at radius 1 is 1.37 bits per heavy atom. The van der Waals surface area contributed by atoms with Crippen LogP contribution in [-0.2, 0) is 6.54 Å². The summed E-state index contributed by atoms with van der Waals surface area (Å²) in [5.74, 6) is 0.179. The molecular weight excluding hydrogens is 304 g/mol. The van der Waals surface area contributed by atoms with Crippen molar-refractivity contribution in [3.05, 3.63) is 22.4 Å². The first-order chi connectivity index (χ1) is 9.04. The molecule has 1 saturated heterocycles. The van der Waals surface area contributed by atoms with Crippen molar-refractivity contribution < 1.29 is 4.79 Å². The predicted octanol–water partition coefficient (Wildman–Crippen LogP) is 4.06. The van der Waals surface area contributed by atoms with Gasteiger partial charge in [0, 0.05) is 29.3 Å². The molecule has 4 heteroatoms. The van der Waals surface area contributed by atoms with Gasteiger partial charge in [-0.3, -0.25) is 4.79 Å². The number of hydrogen-bond donors (Lipinski definition) is 0. The number of likely N-dealkylation sites (tertiary alicyclic amines) is 1. The maximum Gasteiger partial charge on any atom is 0.270 e. The molecule has 0 spiro atoms. The van der Waals surface area contributed by atoms with Crippen LogP contribution in [0.3, 0.4) is 0 Å². The van der Waals surface area contributed by atoms with Gasteiger partial charge in [0.05, 0.1) is 0 Å². The fraction of sp³-hybridized carbons (Fsp3) is 0.667. The standard InChI is InChI=1S/C15H23BrN2O/c1-4-8-17-10-13(16)9-14(17)15(19)18-11(2)6-5-7-12(18)3/h9-12H,4-8H2,1-3H3/t11-,12+. The number of amides is 1. The lowest BCUT2D eigenvalue weighted by Gasteiger charge is -2.39. The molecule has 19 heavy (non-hydrogen) atoms. The van der Waals surface area contributed by atoms with Crippen LogP contribution in [0, 0.1) is 0 Å². The summed E-state index contributed by atoms with van der Waals surface area (Å²) in [4.78, 5) is 14.9. The second-order valence-electron chi connectivity index (χ2n) is 5.58. The van der Waals surface area contributed by atoms with Gasteiger partial charge in [-0.2, -0.15) is 0 Å². The van der Waals surface area contributed by atoms with E-state index in [1.54, 1.807) is 0 Å². The molecule has 106 valence electrons. The monoisotopic (exact) mass is 326 g/mol. The third-order valence-corrected chi connectivity index (χ3v) is 4.41. The molecule has 0 bridgehead atoms. The van der Waals surface area contributed by atoms with E-state index >= 15 is 0 Å². The highest BCUT2D eigenvalue weighted by atomic mass is 79.9. The molecule has 1 fully saturated rings. The van der Waals surface area contributed by atoms with Crippen LogP contribution >= 0.6 is 15.9 Å². The van der Waals surface area contributed by atoms with Crippen LogP contribution in [0.1, 0.15) is 56.9 Å². The summed E-state index contributed by atoms with van der Waals surface area (Å²) < 4.78 is 3.06. The Kier molecular flexibility index (Phi) is 4.71. The van der Waals surface area contributed by atoms with E-state index in [1.807, 2.05) is 12.3 Å². The van der Waals surface area contributed by atoms with E-state index in [1.165, 1.54) is 6.42 Å². The van der Waals surface area contributed by atoms with Gasteiger partial charge in [0.2, 0.25) is 0 Å². The van der Waals surface area contributed by atoms with Gasteiger partial charge >= 0.3 is 0 Å². The van der Waals surface area contributed by atoms with Crippen LogP contribution in [0.5, 0.6) is 0 Å². The number of nitrogens with zero attached hydrogens (tertiary/aromatic N) is 2. The molecule has 0 saturated carbocycles. The summed E-state index contributed by atoms with van der Waals surface area (Å²) in [5, 5.41) is 0. The minimum absolute atomic E-state index is 0.179. The lowest BCUT2D eigenvalue weighted by molar-refractivity contribution is 0.0499. The van der Waals surface area contributed by atoms with Crippen molar-refractivity contribution in [3.8, 4) is 0 Å². The van der Waals surface area contributed by atoms with E-state index < -0.39 is 0 Å². The van der Waals surface area contributed by atoms with Crippen molar-refractivity contribution in [2.24, 2.45) is 0 Å². The Balaban J connectivity index is 2.27. The number of aryl methyl sites for hydroxylation is 1. The Bertz CT molecular complexity index is 445. The number of carbonyl (C=O) groups excluding carboxylic acids is 1. The van der Waals surface area contributed by atoms with Crippen molar-refractivity contribution in [1.29, 1.82) is 0 Å². The van der Waals surface area contributed by atoms with E-state index in [-0.39, 0.29) is 5.91 Å². The van der Waals surface area contributed by atoms with Crippen LogP contribution in [0.2, 0.25) is 0 Å². The van der Waals surface area contributed by atoms with E-state index in [9.17, 15) is 4.79 Å². The average molecular weight is 327 g/mol. The molecule has 0 N–H and O–H groups in total. The highest BCUT2D eigenvalue weighted by molar-refractivity contribution is 9.10. The normalized spacial score (nSPS) is 23.7. The van der Waals surface area contributed by atoms with E-state index in [4.69, 9.17) is 0 Å². The van der Waals surface area contributed by atoms with Gasteiger partial charge in [-0.05, 0) is 61.5 Å². The molecule has 1 aliphatic rings. The molecule has 1 aliphatic heterocycles. The minimum Gasteiger partial charge on any atom is -0.342 e. The van der Waals surface area contributed by atoms with Gasteiger partial charge in [0.1, 0.15) is 5.69 Å². The molecular formula is C15H23BrN2O. The topological polar surface area (TPSA) is 25.2 Å². The van der Waals surface area contributed by atoms with Crippen molar-refractivity contribution in [1.82, 2.24) is 9.47 Å². The Morgan fingerprint density at radius 3 is 2.58 bits per heavy atom. The number of hydrogen-bond acceptors (Lipinski definition) is 1. The molecule has 0 aromatic carbocycles. The van der Waals surface area contributed by atoms with Gasteiger partial charge in [0.25, 0.3) is 5.91 Å². The van der Waals surface area contributed by atoms with Crippen LogP contribution in [0.4, 0.5) is 0 Å². The number of carbonyl (C=O) groups is 1. The first-order valence-electron chi connectivity index (χ1n) is 7.23. The summed E-state index contributed by atoms with van der Waals surface area (Å²) in [6, 6.07) is 2.64. The highest BCUT2D eigenvalue weighted by Crippen LogP contribution is 2.26. The van der Waals surface area contributed by atoms with Gasteiger partial charge in [0.15, 0.2) is 0 Å².